The van der Waals surface area contributed by atoms with Crippen molar-refractivity contribution in [3.05, 3.63) is 0 Å². The van der Waals surface area contributed by atoms with Crippen LogP contribution in [0.4, 0.5) is 0 Å². The second-order valence-electron chi connectivity index (χ2n) is 4.95. The predicted octanol–water partition coefficient (Wildman–Crippen LogP) is 0.410. The van der Waals surface area contributed by atoms with E-state index in [1.807, 2.05) is 6.92 Å². The molecule has 0 radical (unpaired) electrons. The number of nitrogens with one attached hydrogen (secondary N) is 1. The monoisotopic (exact) mass is 278 g/mol. The van der Waals surface area contributed by atoms with E-state index in [0.29, 0.717) is 6.54 Å². The van der Waals surface area contributed by atoms with E-state index in [1.165, 1.54) is 4.31 Å². The van der Waals surface area contributed by atoms with Crippen LogP contribution in [0.3, 0.4) is 0 Å². The minimum absolute atomic E-state index is 0.102. The summed E-state index contributed by atoms with van der Waals surface area (Å²) < 4.78 is 26.0. The Morgan fingerprint density at radius 2 is 1.94 bits per heavy atom. The summed E-state index contributed by atoms with van der Waals surface area (Å²) in [7, 11) is -3.21. The van der Waals surface area contributed by atoms with E-state index in [1.54, 1.807) is 0 Å². The third kappa shape index (κ3) is 5.22. The zero-order valence-electron chi connectivity index (χ0n) is 11.3. The fourth-order valence-electron chi connectivity index (χ4n) is 2.29. The Hall–Kier alpha value is -0.170. The molecule has 0 spiro atoms. The average molecular weight is 278 g/mol. The zero-order chi connectivity index (χ0) is 13.4. The molecular formula is C12H26N2O3S. The molecule has 1 saturated heterocycles. The van der Waals surface area contributed by atoms with Crippen molar-refractivity contribution in [2.45, 2.75) is 32.6 Å². The van der Waals surface area contributed by atoms with Crippen LogP contribution in [0.2, 0.25) is 0 Å². The molecule has 5 nitrogen and oxygen atoms in total. The van der Waals surface area contributed by atoms with E-state index >= 15 is 0 Å². The Kier molecular flexibility index (Phi) is 7.14. The van der Waals surface area contributed by atoms with Crippen molar-refractivity contribution >= 4 is 10.0 Å². The second-order valence-corrected chi connectivity index (χ2v) is 6.96. The van der Waals surface area contributed by atoms with E-state index < -0.39 is 10.0 Å². The van der Waals surface area contributed by atoms with E-state index in [4.69, 9.17) is 5.11 Å². The summed E-state index contributed by atoms with van der Waals surface area (Å²) in [5.74, 6) is 0.498. The average Bonchev–Trinajstić information content (AvgIpc) is 2.35. The summed E-state index contributed by atoms with van der Waals surface area (Å²) >= 11 is 0. The van der Waals surface area contributed by atoms with Gasteiger partial charge < -0.3 is 10.4 Å². The molecule has 0 aromatic heterocycles. The number of hydrogen-bond acceptors (Lipinski definition) is 4. The van der Waals surface area contributed by atoms with Gasteiger partial charge in [-0.3, -0.25) is 0 Å². The molecule has 1 aliphatic heterocycles. The highest BCUT2D eigenvalue weighted by Gasteiger charge is 2.26. The van der Waals surface area contributed by atoms with E-state index in [-0.39, 0.29) is 24.8 Å². The molecule has 0 amide bonds. The molecule has 108 valence electrons. The number of nitrogens with zero attached hydrogens (tertiary/aromatic N) is 1. The molecule has 0 aromatic carbocycles. The van der Waals surface area contributed by atoms with Crippen molar-refractivity contribution < 1.29 is 13.5 Å². The Morgan fingerprint density at radius 3 is 2.50 bits per heavy atom. The van der Waals surface area contributed by atoms with Gasteiger partial charge in [-0.2, -0.15) is 4.31 Å². The Morgan fingerprint density at radius 1 is 1.28 bits per heavy atom. The molecule has 0 bridgehead atoms. The number of unbranched alkanes of at least 4 members (excludes halogenated alkanes) is 1. The minimum atomic E-state index is -3.21. The third-order valence-corrected chi connectivity index (χ3v) is 5.45. The van der Waals surface area contributed by atoms with Crippen LogP contribution in [0.1, 0.15) is 32.6 Å². The fraction of sp³-hybridized carbons (Fsp3) is 1.00. The first-order valence-electron chi connectivity index (χ1n) is 6.89. The summed E-state index contributed by atoms with van der Waals surface area (Å²) in [4.78, 5) is 0. The molecule has 18 heavy (non-hydrogen) atoms. The first kappa shape index (κ1) is 15.9. The molecule has 1 rings (SSSR count). The number of rotatable bonds is 8. The van der Waals surface area contributed by atoms with Gasteiger partial charge in [0.25, 0.3) is 0 Å². The molecule has 1 aliphatic rings. The smallest absolute Gasteiger partial charge is 0.214 e. The predicted molar refractivity (Wildman–Crippen MR) is 72.9 cm³/mol. The molecule has 6 heteroatoms. The highest BCUT2D eigenvalue weighted by atomic mass is 32.2. The van der Waals surface area contributed by atoms with Crippen molar-refractivity contribution in [1.29, 1.82) is 0 Å². The Labute approximate surface area is 111 Å². The third-order valence-electron chi connectivity index (χ3n) is 3.41. The molecular weight excluding hydrogens is 252 g/mol. The highest BCUT2D eigenvalue weighted by Crippen LogP contribution is 2.17. The lowest BCUT2D eigenvalue weighted by Crippen LogP contribution is -2.40. The molecule has 2 N–H and O–H groups in total. The first-order chi connectivity index (χ1) is 8.60. The van der Waals surface area contributed by atoms with Crippen molar-refractivity contribution in [3.8, 4) is 0 Å². The van der Waals surface area contributed by atoms with Gasteiger partial charge in [0.15, 0.2) is 0 Å². The Balaban J connectivity index is 2.55. The summed E-state index contributed by atoms with van der Waals surface area (Å²) in [6, 6.07) is 0. The fourth-order valence-corrected chi connectivity index (χ4v) is 4.19. The second kappa shape index (κ2) is 8.09. The topological polar surface area (TPSA) is 69.6 Å². The summed E-state index contributed by atoms with van der Waals surface area (Å²) in [6.45, 7) is 4.52. The van der Waals surface area contributed by atoms with Gasteiger partial charge in [-0.05, 0) is 38.3 Å². The van der Waals surface area contributed by atoms with Crippen LogP contribution < -0.4 is 5.32 Å². The molecule has 0 unspecified atom stereocenters. The van der Waals surface area contributed by atoms with Crippen LogP contribution in [-0.2, 0) is 10.0 Å². The van der Waals surface area contributed by atoms with Gasteiger partial charge >= 0.3 is 0 Å². The molecule has 0 aliphatic carbocycles. The van der Waals surface area contributed by atoms with E-state index in [0.717, 1.165) is 38.8 Å². The number of aliphatic hydroxyl groups is 1. The standard InChI is InChI=1S/C12H26N2O3S/c1-2-3-8-14(9-10-15)18(16,17)11-12-4-6-13-7-5-12/h12-13,15H,2-11H2,1H3. The molecule has 0 saturated carbocycles. The molecule has 1 fully saturated rings. The van der Waals surface area contributed by atoms with Gasteiger partial charge in [-0.1, -0.05) is 13.3 Å². The van der Waals surface area contributed by atoms with Gasteiger partial charge in [0.05, 0.1) is 12.4 Å². The van der Waals surface area contributed by atoms with Crippen LogP contribution in [0, 0.1) is 5.92 Å². The van der Waals surface area contributed by atoms with Crippen LogP contribution >= 0.6 is 0 Å². The SMILES string of the molecule is CCCCN(CCO)S(=O)(=O)CC1CCNCC1. The first-order valence-corrected chi connectivity index (χ1v) is 8.50. The van der Waals surface area contributed by atoms with Gasteiger partial charge in [-0.25, -0.2) is 8.42 Å². The van der Waals surface area contributed by atoms with Crippen LogP contribution in [0.5, 0.6) is 0 Å². The van der Waals surface area contributed by atoms with Crippen LogP contribution in [-0.4, -0.2) is 56.4 Å². The maximum absolute atomic E-state index is 12.3. The lowest BCUT2D eigenvalue weighted by molar-refractivity contribution is 0.251. The zero-order valence-corrected chi connectivity index (χ0v) is 12.1. The van der Waals surface area contributed by atoms with Gasteiger partial charge in [-0.15, -0.1) is 0 Å². The van der Waals surface area contributed by atoms with Crippen molar-refractivity contribution in [1.82, 2.24) is 9.62 Å². The number of aliphatic hydroxyl groups excluding tert-OH is 1. The van der Waals surface area contributed by atoms with Crippen molar-refractivity contribution in [2.75, 3.05) is 38.5 Å². The van der Waals surface area contributed by atoms with Gasteiger partial charge in [0.1, 0.15) is 0 Å². The molecule has 0 aromatic rings. The molecule has 0 atom stereocenters. The largest absolute Gasteiger partial charge is 0.395 e. The molecule has 1 heterocycles. The van der Waals surface area contributed by atoms with Crippen molar-refractivity contribution in [3.63, 3.8) is 0 Å². The number of sulfonamides is 1. The van der Waals surface area contributed by atoms with Gasteiger partial charge in [0.2, 0.25) is 10.0 Å². The Bertz CT molecular complexity index is 313. The lowest BCUT2D eigenvalue weighted by Gasteiger charge is -2.27. The highest BCUT2D eigenvalue weighted by molar-refractivity contribution is 7.89. The number of piperidine rings is 1. The van der Waals surface area contributed by atoms with E-state index in [9.17, 15) is 8.42 Å². The normalized spacial score (nSPS) is 18.4. The summed E-state index contributed by atoms with van der Waals surface area (Å²) in [6.07, 6.45) is 3.68. The van der Waals surface area contributed by atoms with Crippen molar-refractivity contribution in [2.24, 2.45) is 5.92 Å². The number of hydrogen-bond donors (Lipinski definition) is 2. The van der Waals surface area contributed by atoms with E-state index in [2.05, 4.69) is 5.32 Å². The summed E-state index contributed by atoms with van der Waals surface area (Å²) in [5.41, 5.74) is 0. The quantitative estimate of drug-likeness (QED) is 0.675. The minimum Gasteiger partial charge on any atom is -0.395 e. The summed E-state index contributed by atoms with van der Waals surface area (Å²) in [5, 5.41) is 12.2. The van der Waals surface area contributed by atoms with Crippen LogP contribution in [0.25, 0.3) is 0 Å². The van der Waals surface area contributed by atoms with Crippen LogP contribution in [0.15, 0.2) is 0 Å². The maximum atomic E-state index is 12.3. The van der Waals surface area contributed by atoms with Gasteiger partial charge in [0, 0.05) is 13.1 Å². The maximum Gasteiger partial charge on any atom is 0.214 e. The lowest BCUT2D eigenvalue weighted by atomic mass is 10.0.